The van der Waals surface area contributed by atoms with Crippen LogP contribution in [0.4, 0.5) is 5.69 Å². The minimum atomic E-state index is -3.61. The Kier molecular flexibility index (Phi) is 5.71. The number of aromatic nitrogens is 1. The zero-order valence-electron chi connectivity index (χ0n) is 19.5. The Morgan fingerprint density at radius 3 is 2.50 bits per heavy atom. The van der Waals surface area contributed by atoms with E-state index in [0.717, 1.165) is 28.3 Å². The maximum Gasteiger partial charge on any atom is 0.255 e. The summed E-state index contributed by atoms with van der Waals surface area (Å²) in [6, 6.07) is 16.6. The van der Waals surface area contributed by atoms with Gasteiger partial charge in [-0.15, -0.1) is 0 Å². The maximum atomic E-state index is 13.2. The molecule has 2 aliphatic heterocycles. The number of fused-ring (bicyclic) bond motifs is 1. The number of morpholine rings is 1. The first-order valence-corrected chi connectivity index (χ1v) is 12.7. The van der Waals surface area contributed by atoms with Crippen LogP contribution < -0.4 is 10.2 Å². The summed E-state index contributed by atoms with van der Waals surface area (Å²) >= 11 is 0. The van der Waals surface area contributed by atoms with Crippen LogP contribution in [0.2, 0.25) is 0 Å². The molecule has 178 valence electrons. The van der Waals surface area contributed by atoms with E-state index in [4.69, 9.17) is 4.74 Å². The Labute approximate surface area is 199 Å². The molecule has 0 spiro atoms. The number of benzene rings is 2. The van der Waals surface area contributed by atoms with E-state index in [9.17, 15) is 13.2 Å². The molecule has 1 fully saturated rings. The van der Waals surface area contributed by atoms with Gasteiger partial charge in [-0.1, -0.05) is 18.2 Å². The number of aryl methyl sites for hydroxylation is 1. The number of ether oxygens (including phenoxy) is 1. The smallest absolute Gasteiger partial charge is 0.255 e. The third-order valence-electron chi connectivity index (χ3n) is 6.63. The lowest BCUT2D eigenvalue weighted by atomic mass is 10.0. The molecule has 8 nitrogen and oxygen atoms in total. The first kappa shape index (κ1) is 22.6. The van der Waals surface area contributed by atoms with Crippen LogP contribution in [0.5, 0.6) is 0 Å². The van der Waals surface area contributed by atoms with Crippen LogP contribution in [-0.4, -0.2) is 56.5 Å². The number of hydrogen-bond donors (Lipinski definition) is 1. The fraction of sp³-hybridized carbons (Fsp3) is 0.320. The van der Waals surface area contributed by atoms with Crippen molar-refractivity contribution in [2.45, 2.75) is 24.9 Å². The standard InChI is InChI=1S/C25H28N4O4S/c1-17-15-22(24-26-25(30)21-9-4-5-10-23(21)27(24)3)18(2)29(17)19-7-6-8-20(16-19)34(31,32)28-11-13-33-14-12-28/h4-10,15-16,24H,11-14H2,1-3H3,(H,26,30)/t24-/m0/s1. The van der Waals surface area contributed by atoms with Crippen LogP contribution in [-0.2, 0) is 14.8 Å². The summed E-state index contributed by atoms with van der Waals surface area (Å²) in [5.74, 6) is -0.109. The first-order valence-electron chi connectivity index (χ1n) is 11.3. The lowest BCUT2D eigenvalue weighted by molar-refractivity contribution is 0.0730. The molecule has 34 heavy (non-hydrogen) atoms. The zero-order chi connectivity index (χ0) is 24.0. The van der Waals surface area contributed by atoms with Crippen molar-refractivity contribution in [1.29, 1.82) is 0 Å². The Balaban J connectivity index is 1.52. The number of hydrogen-bond acceptors (Lipinski definition) is 5. The molecule has 1 atom stereocenters. The lowest BCUT2D eigenvalue weighted by Crippen LogP contribution is -2.44. The predicted octanol–water partition coefficient (Wildman–Crippen LogP) is 2.99. The molecule has 2 aliphatic rings. The molecule has 5 rings (SSSR count). The lowest BCUT2D eigenvalue weighted by Gasteiger charge is -2.36. The van der Waals surface area contributed by atoms with Gasteiger partial charge >= 0.3 is 0 Å². The van der Waals surface area contributed by atoms with E-state index in [1.807, 2.05) is 61.9 Å². The Bertz CT molecular complexity index is 1360. The number of nitrogens with zero attached hydrogens (tertiary/aromatic N) is 3. The van der Waals surface area contributed by atoms with E-state index in [1.54, 1.807) is 18.2 Å². The average Bonchev–Trinajstić information content (AvgIpc) is 3.15. The van der Waals surface area contributed by atoms with E-state index in [1.165, 1.54) is 4.31 Å². The number of sulfonamides is 1. The predicted molar refractivity (Wildman–Crippen MR) is 130 cm³/mol. The van der Waals surface area contributed by atoms with Gasteiger partial charge in [-0.25, -0.2) is 8.42 Å². The molecule has 1 amide bonds. The number of rotatable bonds is 4. The summed E-state index contributed by atoms with van der Waals surface area (Å²) < 4.78 is 35.2. The number of carbonyl (C=O) groups excluding carboxylic acids is 1. The van der Waals surface area contributed by atoms with Crippen molar-refractivity contribution in [2.24, 2.45) is 0 Å². The molecule has 9 heteroatoms. The Morgan fingerprint density at radius 2 is 1.74 bits per heavy atom. The second kappa shape index (κ2) is 8.57. The fourth-order valence-corrected chi connectivity index (χ4v) is 6.33. The molecule has 1 N–H and O–H groups in total. The van der Waals surface area contributed by atoms with Crippen LogP contribution in [0.1, 0.15) is 33.5 Å². The maximum absolute atomic E-state index is 13.2. The third-order valence-corrected chi connectivity index (χ3v) is 8.53. The van der Waals surface area contributed by atoms with E-state index in [2.05, 4.69) is 10.2 Å². The molecule has 3 heterocycles. The Morgan fingerprint density at radius 1 is 1.00 bits per heavy atom. The normalized spacial score (nSPS) is 19.1. The van der Waals surface area contributed by atoms with Gasteiger partial charge in [0.2, 0.25) is 10.0 Å². The van der Waals surface area contributed by atoms with Gasteiger partial charge in [0.05, 0.1) is 29.4 Å². The van der Waals surface area contributed by atoms with E-state index < -0.39 is 10.0 Å². The van der Waals surface area contributed by atoms with Crippen LogP contribution in [0, 0.1) is 13.8 Å². The van der Waals surface area contributed by atoms with Crippen molar-refractivity contribution in [2.75, 3.05) is 38.3 Å². The molecule has 0 unspecified atom stereocenters. The molecule has 2 aromatic carbocycles. The van der Waals surface area contributed by atoms with Crippen molar-refractivity contribution in [3.8, 4) is 5.69 Å². The van der Waals surface area contributed by atoms with Crippen molar-refractivity contribution >= 4 is 21.6 Å². The van der Waals surface area contributed by atoms with Crippen LogP contribution in [0.25, 0.3) is 5.69 Å². The van der Waals surface area contributed by atoms with Crippen LogP contribution >= 0.6 is 0 Å². The van der Waals surface area contributed by atoms with Gasteiger partial charge in [0.1, 0.15) is 6.17 Å². The molecule has 3 aromatic rings. The number of anilines is 1. The highest BCUT2D eigenvalue weighted by molar-refractivity contribution is 7.89. The molecule has 0 saturated carbocycles. The fourth-order valence-electron chi connectivity index (χ4n) is 4.88. The molecular weight excluding hydrogens is 452 g/mol. The van der Waals surface area contributed by atoms with Gasteiger partial charge in [-0.05, 0) is 50.2 Å². The number of carbonyl (C=O) groups is 1. The van der Waals surface area contributed by atoms with Gasteiger partial charge in [0.15, 0.2) is 0 Å². The largest absolute Gasteiger partial charge is 0.379 e. The summed E-state index contributed by atoms with van der Waals surface area (Å²) in [4.78, 5) is 15.1. The molecule has 1 saturated heterocycles. The van der Waals surface area contributed by atoms with E-state index in [0.29, 0.717) is 31.9 Å². The van der Waals surface area contributed by atoms with Crippen molar-refractivity contribution in [3.05, 3.63) is 77.1 Å². The van der Waals surface area contributed by atoms with Crippen LogP contribution in [0.3, 0.4) is 0 Å². The molecule has 0 bridgehead atoms. The van der Waals surface area contributed by atoms with Crippen molar-refractivity contribution in [3.63, 3.8) is 0 Å². The second-order valence-corrected chi connectivity index (χ2v) is 10.6. The van der Waals surface area contributed by atoms with E-state index >= 15 is 0 Å². The monoisotopic (exact) mass is 480 g/mol. The summed E-state index contributed by atoms with van der Waals surface area (Å²) in [5, 5.41) is 3.11. The number of nitrogens with one attached hydrogen (secondary N) is 1. The summed E-state index contributed by atoms with van der Waals surface area (Å²) in [7, 11) is -1.64. The molecule has 0 aliphatic carbocycles. The van der Waals surface area contributed by atoms with Crippen molar-refractivity contribution in [1.82, 2.24) is 14.2 Å². The summed E-state index contributed by atoms with van der Waals surface area (Å²) in [6.07, 6.45) is -0.331. The topological polar surface area (TPSA) is 83.9 Å². The highest BCUT2D eigenvalue weighted by Crippen LogP contribution is 2.35. The van der Waals surface area contributed by atoms with Gasteiger partial charge in [0.25, 0.3) is 5.91 Å². The minimum Gasteiger partial charge on any atom is -0.379 e. The summed E-state index contributed by atoms with van der Waals surface area (Å²) in [6.45, 7) is 5.49. The quantitative estimate of drug-likeness (QED) is 0.621. The Hall–Kier alpha value is -3.14. The molecule has 1 aromatic heterocycles. The van der Waals surface area contributed by atoms with E-state index in [-0.39, 0.29) is 17.0 Å². The number of amides is 1. The van der Waals surface area contributed by atoms with Crippen molar-refractivity contribution < 1.29 is 17.9 Å². The minimum absolute atomic E-state index is 0.109. The number of para-hydroxylation sites is 1. The molecule has 0 radical (unpaired) electrons. The SMILES string of the molecule is Cc1cc([C@H]2NC(=O)c3ccccc3N2C)c(C)n1-c1cccc(S(=O)(=O)N2CCOCC2)c1. The van der Waals surface area contributed by atoms with Gasteiger partial charge in [-0.3, -0.25) is 4.79 Å². The summed E-state index contributed by atoms with van der Waals surface area (Å²) in [5.41, 5.74) is 5.14. The highest BCUT2D eigenvalue weighted by atomic mass is 32.2. The molecular formula is C25H28N4O4S. The zero-order valence-corrected chi connectivity index (χ0v) is 20.3. The van der Waals surface area contributed by atoms with Crippen LogP contribution in [0.15, 0.2) is 59.5 Å². The van der Waals surface area contributed by atoms with Gasteiger partial charge in [0, 0.05) is 42.8 Å². The highest BCUT2D eigenvalue weighted by Gasteiger charge is 2.32. The third kappa shape index (κ3) is 3.70. The second-order valence-electron chi connectivity index (χ2n) is 8.68. The van der Waals surface area contributed by atoms with Gasteiger partial charge in [-0.2, -0.15) is 4.31 Å². The van der Waals surface area contributed by atoms with Gasteiger partial charge < -0.3 is 19.5 Å². The average molecular weight is 481 g/mol. The first-order chi connectivity index (χ1) is 16.3.